The highest BCUT2D eigenvalue weighted by molar-refractivity contribution is 7.86. The van der Waals surface area contributed by atoms with Gasteiger partial charge in [-0.2, -0.15) is 8.42 Å². The van der Waals surface area contributed by atoms with E-state index in [1.54, 1.807) is 18.2 Å². The van der Waals surface area contributed by atoms with Crippen LogP contribution in [0.3, 0.4) is 0 Å². The largest absolute Gasteiger partial charge is 0.507 e. The summed E-state index contributed by atoms with van der Waals surface area (Å²) in [4.78, 5) is 0. The van der Waals surface area contributed by atoms with Gasteiger partial charge in [0, 0.05) is 11.3 Å². The van der Waals surface area contributed by atoms with Crippen molar-refractivity contribution in [2.24, 2.45) is 0 Å². The maximum absolute atomic E-state index is 10.9. The Morgan fingerprint density at radius 1 is 1.38 bits per heavy atom. The number of aryl methyl sites for hydroxylation is 1. The van der Waals surface area contributed by atoms with Crippen LogP contribution in [0.25, 0.3) is 5.76 Å². The molecule has 0 saturated carbocycles. The van der Waals surface area contributed by atoms with Crippen LogP contribution in [0.4, 0.5) is 5.69 Å². The number of hydrogen-bond donors (Lipinski definition) is 3. The van der Waals surface area contributed by atoms with Gasteiger partial charge in [0.05, 0.1) is 0 Å². The second-order valence-corrected chi connectivity index (χ2v) is 5.22. The van der Waals surface area contributed by atoms with Crippen molar-refractivity contribution in [1.82, 2.24) is 0 Å². The summed E-state index contributed by atoms with van der Waals surface area (Å²) in [7, 11) is -4.26. The third kappa shape index (κ3) is 1.89. The number of fused-ring (bicyclic) bond motifs is 1. The van der Waals surface area contributed by atoms with Gasteiger partial charge in [0.25, 0.3) is 10.1 Å². The highest BCUT2D eigenvalue weighted by atomic mass is 32.2. The van der Waals surface area contributed by atoms with Gasteiger partial charge in [-0.25, -0.2) is 0 Å². The quantitative estimate of drug-likeness (QED) is 0.649. The third-order valence-electron chi connectivity index (χ3n) is 2.38. The molecule has 1 aromatic carbocycles. The minimum Gasteiger partial charge on any atom is -0.507 e. The molecular formula is C10H11NO4S. The van der Waals surface area contributed by atoms with Crippen molar-refractivity contribution in [2.45, 2.75) is 12.3 Å². The van der Waals surface area contributed by atoms with Crippen LogP contribution in [0.15, 0.2) is 24.3 Å². The minimum atomic E-state index is -4.26. The Bertz CT molecular complexity index is 562. The van der Waals surface area contributed by atoms with Crippen LogP contribution in [-0.2, 0) is 10.1 Å². The molecule has 0 saturated heterocycles. The zero-order valence-electron chi connectivity index (χ0n) is 8.51. The molecule has 1 unspecified atom stereocenters. The van der Waals surface area contributed by atoms with E-state index in [0.717, 1.165) is 11.6 Å². The summed E-state index contributed by atoms with van der Waals surface area (Å²) in [6, 6.07) is 5.17. The number of aliphatic hydroxyl groups is 1. The fourth-order valence-corrected chi connectivity index (χ4v) is 2.16. The van der Waals surface area contributed by atoms with E-state index in [-0.39, 0.29) is 5.76 Å². The first-order valence-corrected chi connectivity index (χ1v) is 6.13. The molecule has 0 bridgehead atoms. The standard InChI is InChI=1S/C10H11NO4S/c1-6-2-3-8-7(4-6)9(12)5-10(11-8)16(13,14)15/h2-5,10-12H,1H3,(H,13,14,15). The molecule has 0 aliphatic carbocycles. The van der Waals surface area contributed by atoms with Crippen LogP contribution in [0.1, 0.15) is 11.1 Å². The molecule has 1 aromatic rings. The summed E-state index contributed by atoms with van der Waals surface area (Å²) < 4.78 is 30.8. The van der Waals surface area contributed by atoms with E-state index in [1.807, 2.05) is 6.92 Å². The monoisotopic (exact) mass is 241 g/mol. The SMILES string of the molecule is Cc1ccc2c(c1)C(O)=CC(S(=O)(=O)O)N2. The van der Waals surface area contributed by atoms with Gasteiger partial charge < -0.3 is 10.4 Å². The molecule has 1 aliphatic rings. The zero-order chi connectivity index (χ0) is 11.9. The molecule has 1 aliphatic heterocycles. The van der Waals surface area contributed by atoms with Crippen LogP contribution in [0.5, 0.6) is 0 Å². The fraction of sp³-hybridized carbons (Fsp3) is 0.200. The Labute approximate surface area is 93.2 Å². The predicted octanol–water partition coefficient (Wildman–Crippen LogP) is 1.53. The molecule has 1 heterocycles. The van der Waals surface area contributed by atoms with Crippen LogP contribution < -0.4 is 5.32 Å². The van der Waals surface area contributed by atoms with Crippen molar-refractivity contribution < 1.29 is 18.1 Å². The van der Waals surface area contributed by atoms with Crippen LogP contribution in [0.2, 0.25) is 0 Å². The Balaban J connectivity index is 2.51. The molecule has 16 heavy (non-hydrogen) atoms. The van der Waals surface area contributed by atoms with E-state index < -0.39 is 15.5 Å². The topological polar surface area (TPSA) is 86.6 Å². The van der Waals surface area contributed by atoms with Gasteiger partial charge in [0.15, 0.2) is 5.37 Å². The maximum atomic E-state index is 10.9. The minimum absolute atomic E-state index is 0.153. The van der Waals surface area contributed by atoms with Gasteiger partial charge in [0.2, 0.25) is 0 Å². The number of rotatable bonds is 1. The van der Waals surface area contributed by atoms with Gasteiger partial charge in [-0.3, -0.25) is 4.55 Å². The Kier molecular flexibility index (Phi) is 2.40. The van der Waals surface area contributed by atoms with E-state index in [0.29, 0.717) is 11.3 Å². The van der Waals surface area contributed by atoms with Crippen molar-refractivity contribution in [2.75, 3.05) is 5.32 Å². The summed E-state index contributed by atoms with van der Waals surface area (Å²) in [5, 5.41) is 11.0. The lowest BCUT2D eigenvalue weighted by molar-refractivity contribution is 0.473. The number of benzene rings is 1. The smallest absolute Gasteiger partial charge is 0.290 e. The van der Waals surface area contributed by atoms with Crippen molar-refractivity contribution in [3.8, 4) is 0 Å². The first-order chi connectivity index (χ1) is 7.38. The highest BCUT2D eigenvalue weighted by Crippen LogP contribution is 2.29. The molecule has 0 fully saturated rings. The molecule has 3 N–H and O–H groups in total. The number of aliphatic hydroxyl groups excluding tert-OH is 1. The summed E-state index contributed by atoms with van der Waals surface area (Å²) in [5.74, 6) is -0.153. The van der Waals surface area contributed by atoms with E-state index >= 15 is 0 Å². The fourth-order valence-electron chi connectivity index (χ4n) is 1.58. The first-order valence-electron chi connectivity index (χ1n) is 4.62. The highest BCUT2D eigenvalue weighted by Gasteiger charge is 2.27. The van der Waals surface area contributed by atoms with Crippen molar-refractivity contribution in [3.05, 3.63) is 35.4 Å². The average Bonchev–Trinajstić information content (AvgIpc) is 2.17. The van der Waals surface area contributed by atoms with Crippen molar-refractivity contribution >= 4 is 21.6 Å². The summed E-state index contributed by atoms with van der Waals surface area (Å²) in [6.07, 6.45) is 1.07. The van der Waals surface area contributed by atoms with Crippen LogP contribution in [0, 0.1) is 6.92 Å². The lowest BCUT2D eigenvalue weighted by Crippen LogP contribution is -2.30. The second kappa shape index (κ2) is 3.50. The lowest BCUT2D eigenvalue weighted by Gasteiger charge is -2.22. The second-order valence-electron chi connectivity index (χ2n) is 3.68. The summed E-state index contributed by atoms with van der Waals surface area (Å²) in [6.45, 7) is 1.86. The molecule has 0 spiro atoms. The van der Waals surface area contributed by atoms with E-state index in [2.05, 4.69) is 5.32 Å². The third-order valence-corrected chi connectivity index (χ3v) is 3.27. The normalized spacial score (nSPS) is 19.6. The Hall–Kier alpha value is -1.53. The molecule has 0 radical (unpaired) electrons. The van der Waals surface area contributed by atoms with Gasteiger partial charge in [-0.15, -0.1) is 0 Å². The Morgan fingerprint density at radius 2 is 2.06 bits per heavy atom. The van der Waals surface area contributed by atoms with Gasteiger partial charge in [-0.1, -0.05) is 11.6 Å². The Morgan fingerprint density at radius 3 is 2.69 bits per heavy atom. The van der Waals surface area contributed by atoms with Crippen molar-refractivity contribution in [3.63, 3.8) is 0 Å². The number of anilines is 1. The van der Waals surface area contributed by atoms with Crippen LogP contribution >= 0.6 is 0 Å². The van der Waals surface area contributed by atoms with Crippen LogP contribution in [-0.4, -0.2) is 23.5 Å². The van der Waals surface area contributed by atoms with Gasteiger partial charge >= 0.3 is 0 Å². The summed E-state index contributed by atoms with van der Waals surface area (Å²) >= 11 is 0. The maximum Gasteiger partial charge on any atom is 0.290 e. The molecular weight excluding hydrogens is 230 g/mol. The first kappa shape index (κ1) is 11.0. The zero-order valence-corrected chi connectivity index (χ0v) is 9.32. The molecule has 6 heteroatoms. The van der Waals surface area contributed by atoms with Gasteiger partial charge in [-0.05, 0) is 25.1 Å². The molecule has 86 valence electrons. The molecule has 1 atom stereocenters. The van der Waals surface area contributed by atoms with E-state index in [4.69, 9.17) is 4.55 Å². The lowest BCUT2D eigenvalue weighted by atomic mass is 10.0. The van der Waals surface area contributed by atoms with Gasteiger partial charge in [0.1, 0.15) is 5.76 Å². The number of nitrogens with one attached hydrogen (secondary N) is 1. The molecule has 0 amide bonds. The van der Waals surface area contributed by atoms with E-state index in [9.17, 15) is 13.5 Å². The predicted molar refractivity (Wildman–Crippen MR) is 60.7 cm³/mol. The molecule has 0 aromatic heterocycles. The summed E-state index contributed by atoms with van der Waals surface area (Å²) in [5.41, 5.74) is 1.96. The van der Waals surface area contributed by atoms with E-state index in [1.165, 1.54) is 0 Å². The molecule has 5 nitrogen and oxygen atoms in total. The van der Waals surface area contributed by atoms with Crippen molar-refractivity contribution in [1.29, 1.82) is 0 Å². The number of hydrogen-bond acceptors (Lipinski definition) is 4. The average molecular weight is 241 g/mol. The molecule has 2 rings (SSSR count).